The molecule has 0 saturated heterocycles. The Kier molecular flexibility index (Phi) is 5.44. The predicted molar refractivity (Wildman–Crippen MR) is 81.0 cm³/mol. The van der Waals surface area contributed by atoms with Gasteiger partial charge in [0.2, 0.25) is 0 Å². The van der Waals surface area contributed by atoms with Crippen LogP contribution in [-0.2, 0) is 4.79 Å². The van der Waals surface area contributed by atoms with Crippen molar-refractivity contribution in [3.05, 3.63) is 34.9 Å². The molecule has 20 heavy (non-hydrogen) atoms. The summed E-state index contributed by atoms with van der Waals surface area (Å²) in [5.74, 6) is -0.801. The fraction of sp³-hybridized carbons (Fsp3) is 0.562. The van der Waals surface area contributed by atoms with E-state index in [2.05, 4.69) is 18.3 Å². The number of carboxylic acids is 1. The van der Waals surface area contributed by atoms with E-state index < -0.39 is 5.97 Å². The lowest BCUT2D eigenvalue weighted by molar-refractivity contribution is -0.142. The first-order valence-corrected chi connectivity index (χ1v) is 7.72. The van der Waals surface area contributed by atoms with Crippen molar-refractivity contribution >= 4 is 17.6 Å². The van der Waals surface area contributed by atoms with Crippen LogP contribution in [0.2, 0.25) is 5.02 Å². The van der Waals surface area contributed by atoms with Crippen LogP contribution >= 0.6 is 11.6 Å². The van der Waals surface area contributed by atoms with E-state index >= 15 is 0 Å². The fourth-order valence-corrected chi connectivity index (χ4v) is 3.16. The van der Waals surface area contributed by atoms with Crippen LogP contribution in [0.3, 0.4) is 0 Å². The van der Waals surface area contributed by atoms with Gasteiger partial charge in [-0.25, -0.2) is 0 Å². The summed E-state index contributed by atoms with van der Waals surface area (Å²) in [5.41, 5.74) is 1.21. The van der Waals surface area contributed by atoms with Crippen molar-refractivity contribution in [2.45, 2.75) is 51.1 Å². The molecule has 1 aliphatic rings. The average Bonchev–Trinajstić information content (AvgIpc) is 2.45. The zero-order chi connectivity index (χ0) is 14.5. The fourth-order valence-electron chi connectivity index (χ4n) is 2.96. The van der Waals surface area contributed by atoms with E-state index in [1.54, 1.807) is 0 Å². The van der Waals surface area contributed by atoms with Gasteiger partial charge in [0, 0.05) is 17.1 Å². The molecular formula is C16H22ClNO2. The molecule has 0 heterocycles. The van der Waals surface area contributed by atoms with Crippen LogP contribution in [-0.4, -0.2) is 17.1 Å². The molecule has 3 nitrogen and oxygen atoms in total. The number of nitrogens with one attached hydrogen (secondary N) is 1. The van der Waals surface area contributed by atoms with Crippen molar-refractivity contribution in [3.8, 4) is 0 Å². The molecular weight excluding hydrogens is 274 g/mol. The Bertz CT molecular complexity index is 456. The third-order valence-electron chi connectivity index (χ3n) is 4.17. The average molecular weight is 296 g/mol. The van der Waals surface area contributed by atoms with E-state index in [1.807, 2.05) is 18.2 Å². The topological polar surface area (TPSA) is 49.3 Å². The van der Waals surface area contributed by atoms with Gasteiger partial charge in [-0.2, -0.15) is 0 Å². The van der Waals surface area contributed by atoms with Crippen LogP contribution in [0.4, 0.5) is 0 Å². The highest BCUT2D eigenvalue weighted by atomic mass is 35.5. The molecule has 1 aromatic rings. The van der Waals surface area contributed by atoms with Gasteiger partial charge in [0.25, 0.3) is 0 Å². The van der Waals surface area contributed by atoms with Crippen LogP contribution < -0.4 is 5.32 Å². The molecule has 0 aromatic heterocycles. The molecule has 0 bridgehead atoms. The summed E-state index contributed by atoms with van der Waals surface area (Å²) in [6, 6.07) is 8.66. The van der Waals surface area contributed by atoms with Gasteiger partial charge in [-0.3, -0.25) is 4.79 Å². The summed E-state index contributed by atoms with van der Waals surface area (Å²) >= 11 is 6.05. The van der Waals surface area contributed by atoms with E-state index in [0.717, 1.165) is 37.1 Å². The molecule has 1 aliphatic carbocycles. The zero-order valence-corrected chi connectivity index (χ0v) is 12.6. The maximum Gasteiger partial charge on any atom is 0.306 e. The molecule has 2 rings (SSSR count). The molecule has 1 atom stereocenters. The summed E-state index contributed by atoms with van der Waals surface area (Å²) in [4.78, 5) is 11.0. The van der Waals surface area contributed by atoms with Crippen LogP contribution in [0.5, 0.6) is 0 Å². The van der Waals surface area contributed by atoms with Crippen LogP contribution in [0, 0.1) is 5.92 Å². The molecule has 1 fully saturated rings. The Balaban J connectivity index is 1.93. The standard InChI is InChI=1S/C16H22ClNO2/c1-2-15(12-4-3-5-13(17)10-12)18-14-8-6-11(7-9-14)16(19)20/h3-5,10-11,14-15,18H,2,6-9H2,1H3,(H,19,20). The van der Waals surface area contributed by atoms with Gasteiger partial charge in [-0.15, -0.1) is 0 Å². The van der Waals surface area contributed by atoms with Crippen LogP contribution in [0.15, 0.2) is 24.3 Å². The van der Waals surface area contributed by atoms with Gasteiger partial charge in [-0.05, 0) is 49.8 Å². The van der Waals surface area contributed by atoms with Crippen LogP contribution in [0.25, 0.3) is 0 Å². The Morgan fingerprint density at radius 2 is 2.10 bits per heavy atom. The second kappa shape index (κ2) is 7.09. The lowest BCUT2D eigenvalue weighted by Gasteiger charge is -2.30. The maximum atomic E-state index is 11.0. The first-order valence-electron chi connectivity index (χ1n) is 7.34. The SMILES string of the molecule is CCC(NC1CCC(C(=O)O)CC1)c1cccc(Cl)c1. The number of hydrogen-bond donors (Lipinski definition) is 2. The van der Waals surface area contributed by atoms with E-state index in [9.17, 15) is 4.79 Å². The maximum absolute atomic E-state index is 11.0. The monoisotopic (exact) mass is 295 g/mol. The van der Waals surface area contributed by atoms with E-state index in [1.165, 1.54) is 5.56 Å². The Labute approximate surface area is 125 Å². The minimum absolute atomic E-state index is 0.153. The quantitative estimate of drug-likeness (QED) is 0.862. The van der Waals surface area contributed by atoms with Gasteiger partial charge in [0.15, 0.2) is 0 Å². The molecule has 1 unspecified atom stereocenters. The van der Waals surface area contributed by atoms with Crippen molar-refractivity contribution < 1.29 is 9.90 Å². The third-order valence-corrected chi connectivity index (χ3v) is 4.41. The largest absolute Gasteiger partial charge is 0.481 e. The molecule has 0 radical (unpaired) electrons. The summed E-state index contributed by atoms with van der Waals surface area (Å²) < 4.78 is 0. The van der Waals surface area contributed by atoms with Gasteiger partial charge >= 0.3 is 5.97 Å². The van der Waals surface area contributed by atoms with E-state index in [0.29, 0.717) is 12.1 Å². The highest BCUT2D eigenvalue weighted by Crippen LogP contribution is 2.28. The minimum Gasteiger partial charge on any atom is -0.481 e. The number of benzene rings is 1. The first-order chi connectivity index (χ1) is 9.60. The van der Waals surface area contributed by atoms with Crippen molar-refractivity contribution in [1.82, 2.24) is 5.32 Å². The molecule has 110 valence electrons. The van der Waals surface area contributed by atoms with Crippen molar-refractivity contribution in [2.24, 2.45) is 5.92 Å². The van der Waals surface area contributed by atoms with Crippen molar-refractivity contribution in [2.75, 3.05) is 0 Å². The number of carbonyl (C=O) groups is 1. The first kappa shape index (κ1) is 15.3. The summed E-state index contributed by atoms with van der Waals surface area (Å²) in [6.45, 7) is 2.15. The predicted octanol–water partition coefficient (Wildman–Crippen LogP) is 4.02. The number of aliphatic carboxylic acids is 1. The number of carboxylic acid groups (broad SMARTS) is 1. The van der Waals surface area contributed by atoms with Gasteiger partial charge in [0.05, 0.1) is 5.92 Å². The molecule has 1 aromatic carbocycles. The number of rotatable bonds is 5. The molecule has 1 saturated carbocycles. The highest BCUT2D eigenvalue weighted by molar-refractivity contribution is 6.30. The summed E-state index contributed by atoms with van der Waals surface area (Å²) in [7, 11) is 0. The third kappa shape index (κ3) is 3.97. The zero-order valence-electron chi connectivity index (χ0n) is 11.8. The summed E-state index contributed by atoms with van der Waals surface area (Å²) in [6.07, 6.45) is 4.43. The molecule has 0 amide bonds. The molecule has 2 N–H and O–H groups in total. The molecule has 0 aliphatic heterocycles. The van der Waals surface area contributed by atoms with Crippen molar-refractivity contribution in [3.63, 3.8) is 0 Å². The Morgan fingerprint density at radius 1 is 1.40 bits per heavy atom. The highest BCUT2D eigenvalue weighted by Gasteiger charge is 2.27. The minimum atomic E-state index is -0.648. The van der Waals surface area contributed by atoms with E-state index in [-0.39, 0.29) is 5.92 Å². The lowest BCUT2D eigenvalue weighted by atomic mass is 9.85. The van der Waals surface area contributed by atoms with Crippen LogP contribution in [0.1, 0.15) is 50.6 Å². The molecule has 4 heteroatoms. The Hall–Kier alpha value is -1.06. The second-order valence-electron chi connectivity index (χ2n) is 5.57. The smallest absolute Gasteiger partial charge is 0.306 e. The number of hydrogen-bond acceptors (Lipinski definition) is 2. The molecule has 0 spiro atoms. The summed E-state index contributed by atoms with van der Waals surface area (Å²) in [5, 5.41) is 13.4. The Morgan fingerprint density at radius 3 is 2.65 bits per heavy atom. The second-order valence-corrected chi connectivity index (χ2v) is 6.01. The normalized spacial score (nSPS) is 24.3. The van der Waals surface area contributed by atoms with Gasteiger partial charge < -0.3 is 10.4 Å². The van der Waals surface area contributed by atoms with Gasteiger partial charge in [0.1, 0.15) is 0 Å². The lowest BCUT2D eigenvalue weighted by Crippen LogP contribution is -2.37. The van der Waals surface area contributed by atoms with Gasteiger partial charge in [-0.1, -0.05) is 30.7 Å². The van der Waals surface area contributed by atoms with E-state index in [4.69, 9.17) is 16.7 Å². The number of halogens is 1. The van der Waals surface area contributed by atoms with Crippen molar-refractivity contribution in [1.29, 1.82) is 0 Å².